The molecule has 1 aliphatic carbocycles. The number of aryl methyl sites for hydroxylation is 1. The fraction of sp³-hybridized carbons (Fsp3) is 0.636. The van der Waals surface area contributed by atoms with Crippen molar-refractivity contribution in [2.24, 2.45) is 5.92 Å². The lowest BCUT2D eigenvalue weighted by Crippen LogP contribution is -2.03. The summed E-state index contributed by atoms with van der Waals surface area (Å²) in [6.07, 6.45) is 3.89. The molecular weight excluding hydrogens is 190 g/mol. The van der Waals surface area contributed by atoms with Gasteiger partial charge in [0.1, 0.15) is 11.6 Å². The van der Waals surface area contributed by atoms with E-state index in [2.05, 4.69) is 15.3 Å². The lowest BCUT2D eigenvalue weighted by Gasteiger charge is -2.07. The van der Waals surface area contributed by atoms with Crippen LogP contribution >= 0.6 is 0 Å². The number of hydrogen-bond acceptors (Lipinski definition) is 4. The molecule has 0 aliphatic heterocycles. The quantitative estimate of drug-likeness (QED) is 0.802. The fourth-order valence-corrected chi connectivity index (χ4v) is 1.48. The number of hydrogen-bond donors (Lipinski definition) is 1. The van der Waals surface area contributed by atoms with Crippen molar-refractivity contribution < 1.29 is 4.74 Å². The van der Waals surface area contributed by atoms with Crippen LogP contribution in [0, 0.1) is 12.8 Å². The molecule has 1 fully saturated rings. The summed E-state index contributed by atoms with van der Waals surface area (Å²) in [5.41, 5.74) is 0. The van der Waals surface area contributed by atoms with Crippen molar-refractivity contribution in [1.29, 1.82) is 0 Å². The standard InChI is InChI=1S/C11H17N3O/c1-8-13-10(12-2)7-11(14-8)15-6-5-9-3-4-9/h7,9H,3-6H2,1-2H3,(H,12,13,14). The van der Waals surface area contributed by atoms with E-state index in [1.54, 1.807) is 0 Å². The zero-order valence-corrected chi connectivity index (χ0v) is 9.29. The maximum atomic E-state index is 5.59. The average molecular weight is 207 g/mol. The van der Waals surface area contributed by atoms with Crippen molar-refractivity contribution in [2.75, 3.05) is 19.0 Å². The highest BCUT2D eigenvalue weighted by molar-refractivity contribution is 5.37. The molecule has 82 valence electrons. The molecule has 1 aromatic heterocycles. The second-order valence-electron chi connectivity index (χ2n) is 3.97. The molecule has 4 heteroatoms. The van der Waals surface area contributed by atoms with E-state index in [0.717, 1.165) is 30.6 Å². The largest absolute Gasteiger partial charge is 0.478 e. The first-order chi connectivity index (χ1) is 7.28. The van der Waals surface area contributed by atoms with E-state index in [1.807, 2.05) is 20.0 Å². The Morgan fingerprint density at radius 2 is 2.27 bits per heavy atom. The van der Waals surface area contributed by atoms with Crippen molar-refractivity contribution in [1.82, 2.24) is 9.97 Å². The first-order valence-electron chi connectivity index (χ1n) is 5.44. The van der Waals surface area contributed by atoms with Crippen LogP contribution in [0.4, 0.5) is 5.82 Å². The summed E-state index contributed by atoms with van der Waals surface area (Å²) < 4.78 is 5.59. The minimum absolute atomic E-state index is 0.674. The molecular formula is C11H17N3O. The zero-order valence-electron chi connectivity index (χ0n) is 9.29. The lowest BCUT2D eigenvalue weighted by molar-refractivity contribution is 0.290. The predicted molar refractivity (Wildman–Crippen MR) is 59.2 cm³/mol. The van der Waals surface area contributed by atoms with Gasteiger partial charge in [0, 0.05) is 13.1 Å². The molecule has 0 aromatic carbocycles. The molecule has 0 bridgehead atoms. The van der Waals surface area contributed by atoms with Crippen LogP contribution in [0.3, 0.4) is 0 Å². The second-order valence-corrected chi connectivity index (χ2v) is 3.97. The van der Waals surface area contributed by atoms with Gasteiger partial charge in [0.15, 0.2) is 0 Å². The van der Waals surface area contributed by atoms with Gasteiger partial charge in [-0.15, -0.1) is 0 Å². The summed E-state index contributed by atoms with van der Waals surface area (Å²) in [5.74, 6) is 3.12. The summed E-state index contributed by atoms with van der Waals surface area (Å²) in [6.45, 7) is 2.64. The topological polar surface area (TPSA) is 47.0 Å². The molecule has 15 heavy (non-hydrogen) atoms. The summed E-state index contributed by atoms with van der Waals surface area (Å²) in [4.78, 5) is 8.43. The van der Waals surface area contributed by atoms with Crippen LogP contribution in [0.25, 0.3) is 0 Å². The number of nitrogens with one attached hydrogen (secondary N) is 1. The van der Waals surface area contributed by atoms with E-state index in [4.69, 9.17) is 4.74 Å². The summed E-state index contributed by atoms with van der Waals surface area (Å²) in [6, 6.07) is 1.83. The highest BCUT2D eigenvalue weighted by Gasteiger charge is 2.20. The molecule has 0 atom stereocenters. The average Bonchev–Trinajstić information content (AvgIpc) is 3.01. The molecule has 0 amide bonds. The number of aromatic nitrogens is 2. The van der Waals surface area contributed by atoms with E-state index < -0.39 is 0 Å². The Morgan fingerprint density at radius 1 is 1.47 bits per heavy atom. The molecule has 2 rings (SSSR count). The molecule has 0 radical (unpaired) electrons. The van der Waals surface area contributed by atoms with Crippen LogP contribution < -0.4 is 10.1 Å². The van der Waals surface area contributed by atoms with Crippen LogP contribution in [0.15, 0.2) is 6.07 Å². The van der Waals surface area contributed by atoms with Gasteiger partial charge >= 0.3 is 0 Å². The van der Waals surface area contributed by atoms with E-state index in [9.17, 15) is 0 Å². The van der Waals surface area contributed by atoms with E-state index in [0.29, 0.717) is 5.88 Å². The molecule has 1 saturated carbocycles. The first-order valence-corrected chi connectivity index (χ1v) is 5.44. The Labute approximate surface area is 90.1 Å². The van der Waals surface area contributed by atoms with Gasteiger partial charge in [0.2, 0.25) is 5.88 Å². The van der Waals surface area contributed by atoms with E-state index in [-0.39, 0.29) is 0 Å². The maximum absolute atomic E-state index is 5.59. The Balaban J connectivity index is 1.90. The smallest absolute Gasteiger partial charge is 0.218 e. The lowest BCUT2D eigenvalue weighted by atomic mass is 10.3. The highest BCUT2D eigenvalue weighted by Crippen LogP contribution is 2.32. The molecule has 1 aliphatic rings. The minimum atomic E-state index is 0.674. The molecule has 1 aromatic rings. The number of ether oxygens (including phenoxy) is 1. The van der Waals surface area contributed by atoms with Crippen LogP contribution in [0.2, 0.25) is 0 Å². The van der Waals surface area contributed by atoms with Crippen LogP contribution in [-0.2, 0) is 0 Å². The molecule has 4 nitrogen and oxygen atoms in total. The van der Waals surface area contributed by atoms with Crippen molar-refractivity contribution >= 4 is 5.82 Å². The molecule has 0 saturated heterocycles. The predicted octanol–water partition coefficient (Wildman–Crippen LogP) is 2.01. The van der Waals surface area contributed by atoms with Gasteiger partial charge in [-0.05, 0) is 19.3 Å². The summed E-state index contributed by atoms with van der Waals surface area (Å²) in [5, 5.41) is 2.99. The van der Waals surface area contributed by atoms with Crippen molar-refractivity contribution in [2.45, 2.75) is 26.2 Å². The van der Waals surface area contributed by atoms with Crippen LogP contribution in [-0.4, -0.2) is 23.6 Å². The van der Waals surface area contributed by atoms with Gasteiger partial charge in [0.25, 0.3) is 0 Å². The fourth-order valence-electron chi connectivity index (χ4n) is 1.48. The Hall–Kier alpha value is -1.32. The molecule has 1 N–H and O–H groups in total. The summed E-state index contributed by atoms with van der Waals surface area (Å²) >= 11 is 0. The van der Waals surface area contributed by atoms with Crippen LogP contribution in [0.1, 0.15) is 25.1 Å². The van der Waals surface area contributed by atoms with Crippen molar-refractivity contribution in [3.05, 3.63) is 11.9 Å². The van der Waals surface area contributed by atoms with Gasteiger partial charge in [-0.2, -0.15) is 4.98 Å². The highest BCUT2D eigenvalue weighted by atomic mass is 16.5. The third kappa shape index (κ3) is 3.08. The third-order valence-corrected chi connectivity index (χ3v) is 2.54. The van der Waals surface area contributed by atoms with Crippen molar-refractivity contribution in [3.8, 4) is 5.88 Å². The first kappa shape index (κ1) is 10.2. The van der Waals surface area contributed by atoms with Gasteiger partial charge in [0.05, 0.1) is 6.61 Å². The molecule has 1 heterocycles. The maximum Gasteiger partial charge on any atom is 0.218 e. The summed E-state index contributed by atoms with van der Waals surface area (Å²) in [7, 11) is 1.84. The minimum Gasteiger partial charge on any atom is -0.478 e. The van der Waals surface area contributed by atoms with Gasteiger partial charge in [-0.3, -0.25) is 0 Å². The van der Waals surface area contributed by atoms with Gasteiger partial charge in [-0.25, -0.2) is 4.98 Å². The van der Waals surface area contributed by atoms with Crippen LogP contribution in [0.5, 0.6) is 5.88 Å². The number of rotatable bonds is 5. The molecule has 0 unspecified atom stereocenters. The Kier molecular flexibility index (Phi) is 3.04. The van der Waals surface area contributed by atoms with Crippen molar-refractivity contribution in [3.63, 3.8) is 0 Å². The van der Waals surface area contributed by atoms with E-state index in [1.165, 1.54) is 12.8 Å². The third-order valence-electron chi connectivity index (χ3n) is 2.54. The Bertz CT molecular complexity index is 337. The van der Waals surface area contributed by atoms with E-state index >= 15 is 0 Å². The number of nitrogens with zero attached hydrogens (tertiary/aromatic N) is 2. The number of anilines is 1. The second kappa shape index (κ2) is 4.47. The monoisotopic (exact) mass is 207 g/mol. The molecule has 0 spiro atoms. The SMILES string of the molecule is CNc1cc(OCCC2CC2)nc(C)n1. The van der Waals surface area contributed by atoms with Gasteiger partial charge < -0.3 is 10.1 Å². The zero-order chi connectivity index (χ0) is 10.7. The Morgan fingerprint density at radius 3 is 2.93 bits per heavy atom. The van der Waals surface area contributed by atoms with Gasteiger partial charge in [-0.1, -0.05) is 12.8 Å². The normalized spacial score (nSPS) is 15.1.